The van der Waals surface area contributed by atoms with Gasteiger partial charge in [-0.3, -0.25) is 0 Å². The van der Waals surface area contributed by atoms with E-state index < -0.39 is 5.97 Å². The molecule has 1 N–H and O–H groups in total. The summed E-state index contributed by atoms with van der Waals surface area (Å²) in [4.78, 5) is 13.0. The van der Waals surface area contributed by atoms with Crippen molar-refractivity contribution in [1.82, 2.24) is 0 Å². The van der Waals surface area contributed by atoms with Gasteiger partial charge in [0.15, 0.2) is 0 Å². The van der Waals surface area contributed by atoms with E-state index in [4.69, 9.17) is 33.0 Å². The molecule has 0 spiro atoms. The van der Waals surface area contributed by atoms with Gasteiger partial charge in [0.2, 0.25) is 0 Å². The van der Waals surface area contributed by atoms with Gasteiger partial charge in [0.1, 0.15) is 0 Å². The Balaban J connectivity index is 3.07. The van der Waals surface area contributed by atoms with Gasteiger partial charge < -0.3 is 14.7 Å². The van der Waals surface area contributed by atoms with Crippen molar-refractivity contribution in [1.29, 1.82) is 0 Å². The van der Waals surface area contributed by atoms with Gasteiger partial charge in [0.05, 0.1) is 22.2 Å². The van der Waals surface area contributed by atoms with Crippen molar-refractivity contribution in [3.63, 3.8) is 0 Å². The molecule has 0 aliphatic rings. The van der Waals surface area contributed by atoms with Crippen LogP contribution in [0.15, 0.2) is 12.1 Å². The number of rotatable bonds is 6. The van der Waals surface area contributed by atoms with Crippen molar-refractivity contribution in [3.05, 3.63) is 27.7 Å². The van der Waals surface area contributed by atoms with Crippen LogP contribution in [-0.4, -0.2) is 37.9 Å². The highest BCUT2D eigenvalue weighted by molar-refractivity contribution is 6.39. The molecule has 1 aromatic rings. The van der Waals surface area contributed by atoms with Gasteiger partial charge >= 0.3 is 5.97 Å². The van der Waals surface area contributed by atoms with E-state index in [0.717, 1.165) is 12.2 Å². The highest BCUT2D eigenvalue weighted by atomic mass is 35.5. The lowest BCUT2D eigenvalue weighted by molar-refractivity contribution is 0.0697. The standard InChI is InChI=1S/C12H15Cl2NO3/c1-3-15(4-5-18-2)8-6-9(13)11(12(16)17)10(14)7-8/h6-7H,3-5H2,1-2H3,(H,16,17). The molecule has 0 radical (unpaired) electrons. The quantitative estimate of drug-likeness (QED) is 0.875. The Bertz CT molecular complexity index is 414. The third kappa shape index (κ3) is 3.51. The van der Waals surface area contributed by atoms with Crippen molar-refractivity contribution >= 4 is 34.9 Å². The van der Waals surface area contributed by atoms with Crippen LogP contribution in [0.2, 0.25) is 10.0 Å². The number of methoxy groups -OCH3 is 1. The zero-order valence-electron chi connectivity index (χ0n) is 10.2. The van der Waals surface area contributed by atoms with E-state index in [0.29, 0.717) is 13.2 Å². The molecule has 0 saturated heterocycles. The number of hydrogen-bond donors (Lipinski definition) is 1. The summed E-state index contributed by atoms with van der Waals surface area (Å²) >= 11 is 11.9. The Morgan fingerprint density at radius 2 is 1.94 bits per heavy atom. The fraction of sp³-hybridized carbons (Fsp3) is 0.417. The highest BCUT2D eigenvalue weighted by Crippen LogP contribution is 2.30. The zero-order valence-corrected chi connectivity index (χ0v) is 11.8. The fourth-order valence-electron chi connectivity index (χ4n) is 1.62. The van der Waals surface area contributed by atoms with Crippen molar-refractivity contribution in [2.45, 2.75) is 6.92 Å². The Kier molecular flexibility index (Phi) is 5.72. The number of hydrogen-bond acceptors (Lipinski definition) is 3. The molecule has 18 heavy (non-hydrogen) atoms. The van der Waals surface area contributed by atoms with E-state index in [9.17, 15) is 4.79 Å². The fourth-order valence-corrected chi connectivity index (χ4v) is 2.26. The third-order valence-electron chi connectivity index (χ3n) is 2.55. The summed E-state index contributed by atoms with van der Waals surface area (Å²) in [6.45, 7) is 4.00. The number of ether oxygens (including phenoxy) is 1. The molecule has 0 atom stereocenters. The number of aromatic carboxylic acids is 1. The van der Waals surface area contributed by atoms with E-state index in [1.54, 1.807) is 19.2 Å². The molecule has 0 unspecified atom stereocenters. The van der Waals surface area contributed by atoms with Crippen LogP contribution >= 0.6 is 23.2 Å². The molecule has 6 heteroatoms. The van der Waals surface area contributed by atoms with Gasteiger partial charge in [-0.05, 0) is 19.1 Å². The predicted octanol–water partition coefficient (Wildman–Crippen LogP) is 3.16. The molecule has 0 heterocycles. The maximum Gasteiger partial charge on any atom is 0.338 e. The summed E-state index contributed by atoms with van der Waals surface area (Å²) < 4.78 is 5.02. The Hall–Kier alpha value is -0.970. The molecule has 1 rings (SSSR count). The number of benzene rings is 1. The number of carboxylic acid groups (broad SMARTS) is 1. The number of nitrogens with zero attached hydrogens (tertiary/aromatic N) is 1. The van der Waals surface area contributed by atoms with Crippen LogP contribution in [0.1, 0.15) is 17.3 Å². The second kappa shape index (κ2) is 6.83. The summed E-state index contributed by atoms with van der Waals surface area (Å²) in [5, 5.41) is 9.25. The highest BCUT2D eigenvalue weighted by Gasteiger charge is 2.16. The number of likely N-dealkylation sites (N-methyl/N-ethyl adjacent to an activating group) is 1. The lowest BCUT2D eigenvalue weighted by Gasteiger charge is -2.23. The van der Waals surface area contributed by atoms with E-state index in [1.165, 1.54) is 0 Å². The first-order valence-electron chi connectivity index (χ1n) is 5.47. The lowest BCUT2D eigenvalue weighted by atomic mass is 10.2. The van der Waals surface area contributed by atoms with Crippen LogP contribution in [0.5, 0.6) is 0 Å². The minimum atomic E-state index is -1.13. The normalized spacial score (nSPS) is 10.4. The molecule has 1 aromatic carbocycles. The first-order valence-corrected chi connectivity index (χ1v) is 6.23. The van der Waals surface area contributed by atoms with E-state index in [1.807, 2.05) is 11.8 Å². The van der Waals surface area contributed by atoms with Crippen molar-refractivity contribution in [2.75, 3.05) is 31.7 Å². The first-order chi connectivity index (χ1) is 8.51. The first kappa shape index (κ1) is 15.1. The van der Waals surface area contributed by atoms with Gasteiger partial charge in [0.25, 0.3) is 0 Å². The summed E-state index contributed by atoms with van der Waals surface area (Å²) in [7, 11) is 1.63. The summed E-state index contributed by atoms with van der Waals surface area (Å²) in [6, 6.07) is 3.21. The average Bonchev–Trinajstić information content (AvgIpc) is 2.28. The minimum Gasteiger partial charge on any atom is -0.478 e. The Labute approximate surface area is 116 Å². The van der Waals surface area contributed by atoms with Crippen LogP contribution in [0.3, 0.4) is 0 Å². The lowest BCUT2D eigenvalue weighted by Crippen LogP contribution is -2.26. The Morgan fingerprint density at radius 1 is 1.39 bits per heavy atom. The second-order valence-electron chi connectivity index (χ2n) is 3.66. The molecule has 4 nitrogen and oxygen atoms in total. The molecular formula is C12H15Cl2NO3. The monoisotopic (exact) mass is 291 g/mol. The third-order valence-corrected chi connectivity index (χ3v) is 3.15. The summed E-state index contributed by atoms with van der Waals surface area (Å²) in [6.07, 6.45) is 0. The molecular weight excluding hydrogens is 277 g/mol. The van der Waals surface area contributed by atoms with Crippen LogP contribution in [0.4, 0.5) is 5.69 Å². The van der Waals surface area contributed by atoms with Crippen LogP contribution in [0, 0.1) is 0 Å². The number of carbonyl (C=O) groups is 1. The maximum absolute atomic E-state index is 11.0. The van der Waals surface area contributed by atoms with E-state index in [-0.39, 0.29) is 15.6 Å². The zero-order chi connectivity index (χ0) is 13.7. The van der Waals surface area contributed by atoms with E-state index >= 15 is 0 Å². The topological polar surface area (TPSA) is 49.8 Å². The molecule has 0 aliphatic heterocycles. The largest absolute Gasteiger partial charge is 0.478 e. The van der Waals surface area contributed by atoms with Gasteiger partial charge in [-0.15, -0.1) is 0 Å². The van der Waals surface area contributed by atoms with Gasteiger partial charge in [-0.1, -0.05) is 23.2 Å². The smallest absolute Gasteiger partial charge is 0.338 e. The second-order valence-corrected chi connectivity index (χ2v) is 4.48. The van der Waals surface area contributed by atoms with Crippen molar-refractivity contribution in [2.24, 2.45) is 0 Å². The SMILES string of the molecule is CCN(CCOC)c1cc(Cl)c(C(=O)O)c(Cl)c1. The number of anilines is 1. The van der Waals surface area contributed by atoms with Crippen LogP contribution < -0.4 is 4.90 Å². The molecule has 0 aliphatic carbocycles. The summed E-state index contributed by atoms with van der Waals surface area (Å²) in [5.74, 6) is -1.13. The average molecular weight is 292 g/mol. The number of halogens is 2. The molecule has 0 bridgehead atoms. The Morgan fingerprint density at radius 3 is 2.33 bits per heavy atom. The van der Waals surface area contributed by atoms with Crippen molar-refractivity contribution in [3.8, 4) is 0 Å². The number of carboxylic acids is 1. The maximum atomic E-state index is 11.0. The minimum absolute atomic E-state index is 0.0649. The van der Waals surface area contributed by atoms with E-state index in [2.05, 4.69) is 0 Å². The molecule has 0 amide bonds. The van der Waals surface area contributed by atoms with Crippen LogP contribution in [-0.2, 0) is 4.74 Å². The molecule has 0 aromatic heterocycles. The molecule has 0 saturated carbocycles. The van der Waals surface area contributed by atoms with Gasteiger partial charge in [-0.25, -0.2) is 4.79 Å². The molecule has 100 valence electrons. The molecule has 0 fully saturated rings. The van der Waals surface area contributed by atoms with Gasteiger partial charge in [-0.2, -0.15) is 0 Å². The van der Waals surface area contributed by atoms with Crippen molar-refractivity contribution < 1.29 is 14.6 Å². The van der Waals surface area contributed by atoms with Crippen LogP contribution in [0.25, 0.3) is 0 Å². The predicted molar refractivity (Wildman–Crippen MR) is 73.2 cm³/mol. The van der Waals surface area contributed by atoms with Gasteiger partial charge in [0, 0.05) is 25.9 Å². The summed E-state index contributed by atoms with van der Waals surface area (Å²) in [5.41, 5.74) is 0.722.